The fourth-order valence-corrected chi connectivity index (χ4v) is 3.57. The SMILES string of the molecule is CC1CCc2c(C(=O)Nc3ccon3)csc2C1. The van der Waals surface area contributed by atoms with E-state index in [1.54, 1.807) is 17.4 Å². The fourth-order valence-electron chi connectivity index (χ4n) is 2.33. The smallest absolute Gasteiger partial charge is 0.258 e. The van der Waals surface area contributed by atoms with Crippen molar-refractivity contribution in [3.63, 3.8) is 0 Å². The van der Waals surface area contributed by atoms with Crippen molar-refractivity contribution < 1.29 is 9.32 Å². The molecule has 0 fully saturated rings. The fraction of sp³-hybridized carbons (Fsp3) is 0.385. The Kier molecular flexibility index (Phi) is 2.91. The first kappa shape index (κ1) is 11.5. The Morgan fingerprint density at radius 2 is 2.50 bits per heavy atom. The molecule has 5 heteroatoms. The van der Waals surface area contributed by atoms with Gasteiger partial charge in [-0.3, -0.25) is 4.79 Å². The van der Waals surface area contributed by atoms with E-state index >= 15 is 0 Å². The zero-order valence-corrected chi connectivity index (χ0v) is 10.9. The Labute approximate surface area is 109 Å². The predicted molar refractivity (Wildman–Crippen MR) is 70.0 cm³/mol. The zero-order chi connectivity index (χ0) is 12.5. The summed E-state index contributed by atoms with van der Waals surface area (Å²) in [6, 6.07) is 1.64. The summed E-state index contributed by atoms with van der Waals surface area (Å²) in [4.78, 5) is 13.5. The Morgan fingerprint density at radius 3 is 3.28 bits per heavy atom. The lowest BCUT2D eigenvalue weighted by molar-refractivity contribution is 0.102. The lowest BCUT2D eigenvalue weighted by Crippen LogP contribution is -2.16. The highest BCUT2D eigenvalue weighted by atomic mass is 32.1. The van der Waals surface area contributed by atoms with Crippen LogP contribution in [0.4, 0.5) is 5.82 Å². The molecule has 1 unspecified atom stereocenters. The van der Waals surface area contributed by atoms with Gasteiger partial charge in [-0.15, -0.1) is 11.3 Å². The van der Waals surface area contributed by atoms with Crippen molar-refractivity contribution in [2.75, 3.05) is 5.32 Å². The lowest BCUT2D eigenvalue weighted by Gasteiger charge is -2.18. The third-order valence-corrected chi connectivity index (χ3v) is 4.38. The van der Waals surface area contributed by atoms with E-state index < -0.39 is 0 Å². The molecule has 2 aromatic rings. The minimum atomic E-state index is -0.0871. The second-order valence-corrected chi connectivity index (χ2v) is 5.70. The van der Waals surface area contributed by atoms with E-state index in [0.717, 1.165) is 30.7 Å². The lowest BCUT2D eigenvalue weighted by atomic mass is 9.88. The van der Waals surface area contributed by atoms with Crippen molar-refractivity contribution in [2.45, 2.75) is 26.2 Å². The third kappa shape index (κ3) is 2.06. The van der Waals surface area contributed by atoms with E-state index in [9.17, 15) is 4.79 Å². The quantitative estimate of drug-likeness (QED) is 0.904. The number of rotatable bonds is 2. The van der Waals surface area contributed by atoms with Crippen LogP contribution in [0.1, 0.15) is 34.1 Å². The molecule has 0 spiro atoms. The molecular formula is C13H14N2O2S. The summed E-state index contributed by atoms with van der Waals surface area (Å²) in [5.74, 6) is 1.10. The second kappa shape index (κ2) is 4.57. The number of anilines is 1. The minimum absolute atomic E-state index is 0.0871. The van der Waals surface area contributed by atoms with Crippen LogP contribution < -0.4 is 5.32 Å². The molecule has 0 aliphatic heterocycles. The molecule has 1 amide bonds. The Bertz CT molecular complexity index is 560. The van der Waals surface area contributed by atoms with E-state index in [2.05, 4.69) is 17.4 Å². The van der Waals surface area contributed by atoms with Crippen LogP contribution in [-0.4, -0.2) is 11.1 Å². The molecule has 2 heterocycles. The van der Waals surface area contributed by atoms with Gasteiger partial charge in [0.1, 0.15) is 6.26 Å². The van der Waals surface area contributed by atoms with Crippen LogP contribution in [0, 0.1) is 5.92 Å². The molecule has 0 saturated heterocycles. The van der Waals surface area contributed by atoms with Crippen LogP contribution >= 0.6 is 11.3 Å². The molecule has 0 radical (unpaired) electrons. The molecule has 94 valence electrons. The van der Waals surface area contributed by atoms with Gasteiger partial charge in [-0.2, -0.15) is 0 Å². The largest absolute Gasteiger partial charge is 0.363 e. The van der Waals surface area contributed by atoms with Crippen molar-refractivity contribution in [3.05, 3.63) is 33.7 Å². The first-order chi connectivity index (χ1) is 8.74. The highest BCUT2D eigenvalue weighted by molar-refractivity contribution is 7.10. The molecule has 18 heavy (non-hydrogen) atoms. The maximum Gasteiger partial charge on any atom is 0.258 e. The Balaban J connectivity index is 1.82. The highest BCUT2D eigenvalue weighted by Gasteiger charge is 2.23. The predicted octanol–water partition coefficient (Wildman–Crippen LogP) is 3.11. The van der Waals surface area contributed by atoms with Crippen LogP contribution in [0.2, 0.25) is 0 Å². The molecule has 1 N–H and O–H groups in total. The average molecular weight is 262 g/mol. The number of amides is 1. The first-order valence-electron chi connectivity index (χ1n) is 6.05. The first-order valence-corrected chi connectivity index (χ1v) is 6.93. The Morgan fingerprint density at radius 1 is 1.61 bits per heavy atom. The van der Waals surface area contributed by atoms with E-state index in [0.29, 0.717) is 5.82 Å². The van der Waals surface area contributed by atoms with Gasteiger partial charge in [-0.25, -0.2) is 0 Å². The summed E-state index contributed by atoms with van der Waals surface area (Å²) >= 11 is 1.69. The van der Waals surface area contributed by atoms with Gasteiger partial charge >= 0.3 is 0 Å². The molecular weight excluding hydrogens is 248 g/mol. The van der Waals surface area contributed by atoms with Gasteiger partial charge < -0.3 is 9.84 Å². The van der Waals surface area contributed by atoms with E-state index in [1.165, 1.54) is 16.7 Å². The maximum atomic E-state index is 12.1. The van der Waals surface area contributed by atoms with Gasteiger partial charge in [0.05, 0.1) is 5.56 Å². The summed E-state index contributed by atoms with van der Waals surface area (Å²) < 4.78 is 4.70. The monoisotopic (exact) mass is 262 g/mol. The van der Waals surface area contributed by atoms with Crippen LogP contribution in [0.5, 0.6) is 0 Å². The maximum absolute atomic E-state index is 12.1. The van der Waals surface area contributed by atoms with E-state index in [-0.39, 0.29) is 5.91 Å². The molecule has 0 aromatic carbocycles. The molecule has 1 atom stereocenters. The van der Waals surface area contributed by atoms with Gasteiger partial charge in [0.2, 0.25) is 0 Å². The zero-order valence-electron chi connectivity index (χ0n) is 10.1. The number of aromatic nitrogens is 1. The molecule has 4 nitrogen and oxygen atoms in total. The van der Waals surface area contributed by atoms with Gasteiger partial charge in [0.15, 0.2) is 5.82 Å². The summed E-state index contributed by atoms with van der Waals surface area (Å²) in [5, 5.41) is 8.39. The second-order valence-electron chi connectivity index (χ2n) is 4.74. The Hall–Kier alpha value is -1.62. The number of nitrogens with one attached hydrogen (secondary N) is 1. The summed E-state index contributed by atoms with van der Waals surface area (Å²) in [6.07, 6.45) is 4.70. The molecule has 0 saturated carbocycles. The standard InChI is InChI=1S/C13H14N2O2S/c1-8-2-3-9-10(7-18-11(9)6-8)13(16)14-12-4-5-17-15-12/h4-5,7-8H,2-3,6H2,1H3,(H,14,15,16). The van der Waals surface area contributed by atoms with Crippen molar-refractivity contribution in [1.29, 1.82) is 0 Å². The minimum Gasteiger partial charge on any atom is -0.363 e. The normalized spacial score (nSPS) is 18.4. The number of thiophene rings is 1. The van der Waals surface area contributed by atoms with Crippen molar-refractivity contribution in [1.82, 2.24) is 5.16 Å². The van der Waals surface area contributed by atoms with Crippen molar-refractivity contribution in [2.24, 2.45) is 5.92 Å². The van der Waals surface area contributed by atoms with Gasteiger partial charge in [0, 0.05) is 16.3 Å². The van der Waals surface area contributed by atoms with E-state index in [4.69, 9.17) is 4.52 Å². The van der Waals surface area contributed by atoms with Crippen LogP contribution in [0.15, 0.2) is 22.2 Å². The number of hydrogen-bond acceptors (Lipinski definition) is 4. The molecule has 1 aliphatic rings. The van der Waals surface area contributed by atoms with E-state index in [1.807, 2.05) is 5.38 Å². The number of hydrogen-bond donors (Lipinski definition) is 1. The molecule has 3 rings (SSSR count). The number of carbonyl (C=O) groups is 1. The van der Waals surface area contributed by atoms with Gasteiger partial charge in [-0.1, -0.05) is 12.1 Å². The number of fused-ring (bicyclic) bond motifs is 1. The highest BCUT2D eigenvalue weighted by Crippen LogP contribution is 2.33. The topological polar surface area (TPSA) is 55.1 Å². The number of carbonyl (C=O) groups excluding carboxylic acids is 1. The molecule has 0 bridgehead atoms. The van der Waals surface area contributed by atoms with Crippen molar-refractivity contribution in [3.8, 4) is 0 Å². The van der Waals surface area contributed by atoms with Crippen LogP contribution in [-0.2, 0) is 12.8 Å². The molecule has 1 aliphatic carbocycles. The summed E-state index contributed by atoms with van der Waals surface area (Å²) in [5.41, 5.74) is 2.02. The number of nitrogens with zero attached hydrogens (tertiary/aromatic N) is 1. The molecule has 2 aromatic heterocycles. The average Bonchev–Trinajstić information content (AvgIpc) is 2.97. The third-order valence-electron chi connectivity index (χ3n) is 3.33. The van der Waals surface area contributed by atoms with Crippen LogP contribution in [0.3, 0.4) is 0 Å². The van der Waals surface area contributed by atoms with Crippen molar-refractivity contribution >= 4 is 23.1 Å². The van der Waals surface area contributed by atoms with Gasteiger partial charge in [0.25, 0.3) is 5.91 Å². The van der Waals surface area contributed by atoms with Gasteiger partial charge in [-0.05, 0) is 30.7 Å². The summed E-state index contributed by atoms with van der Waals surface area (Å²) in [7, 11) is 0. The summed E-state index contributed by atoms with van der Waals surface area (Å²) in [6.45, 7) is 2.26. The van der Waals surface area contributed by atoms with Crippen LogP contribution in [0.25, 0.3) is 0 Å².